The first-order valence-corrected chi connectivity index (χ1v) is 28.9. The minimum absolute atomic E-state index is 0.0231. The molecule has 76 heavy (non-hydrogen) atoms. The van der Waals surface area contributed by atoms with E-state index in [-0.39, 0.29) is 39.2 Å². The fourth-order valence-corrected chi connectivity index (χ4v) is 15.7. The van der Waals surface area contributed by atoms with Crippen LogP contribution in [0, 0.1) is 41.5 Å². The minimum Gasteiger partial charge on any atom is -0.454 e. The third-order valence-corrected chi connectivity index (χ3v) is 20.6. The van der Waals surface area contributed by atoms with Crippen LogP contribution < -0.4 is 26.2 Å². The van der Waals surface area contributed by atoms with E-state index in [0.717, 1.165) is 24.0 Å². The molecule has 8 aromatic rings. The summed E-state index contributed by atoms with van der Waals surface area (Å²) in [7, 11) is 0. The Morgan fingerprint density at radius 2 is 0.829 bits per heavy atom. The summed E-state index contributed by atoms with van der Waals surface area (Å²) in [5, 5.41) is 2.42. The van der Waals surface area contributed by atoms with Crippen molar-refractivity contribution < 1.29 is 4.42 Å². The summed E-state index contributed by atoms with van der Waals surface area (Å²) in [6.45, 7) is 43.3. The number of furan rings is 1. The number of aryl methyl sites for hydroxylation is 6. The molecule has 1 aromatic heterocycles. The van der Waals surface area contributed by atoms with E-state index in [4.69, 9.17) is 4.42 Å². The van der Waals surface area contributed by atoms with Crippen LogP contribution in [0.1, 0.15) is 188 Å². The van der Waals surface area contributed by atoms with E-state index < -0.39 is 0 Å². The maximum absolute atomic E-state index is 7.61. The summed E-state index contributed by atoms with van der Waals surface area (Å²) in [4.78, 5) is 5.38. The number of fused-ring (bicyclic) bond motifs is 11. The molecule has 0 radical (unpaired) electrons. The molecule has 388 valence electrons. The summed E-state index contributed by atoms with van der Waals surface area (Å²) in [5.41, 5.74) is 33.1. The fourth-order valence-electron chi connectivity index (χ4n) is 15.7. The smallest absolute Gasteiger partial charge is 0.252 e. The van der Waals surface area contributed by atoms with E-state index in [0.29, 0.717) is 0 Å². The fraction of sp³-hybridized carbons (Fsp3) is 0.417. The van der Waals surface area contributed by atoms with E-state index in [9.17, 15) is 0 Å². The molecule has 7 aromatic carbocycles. The lowest BCUT2D eigenvalue weighted by Crippen LogP contribution is -2.61. The molecule has 0 unspecified atom stereocenters. The molecule has 0 spiro atoms. The van der Waals surface area contributed by atoms with Gasteiger partial charge >= 0.3 is 0 Å². The molecule has 0 fully saturated rings. The Morgan fingerprint density at radius 3 is 1.36 bits per heavy atom. The first-order valence-electron chi connectivity index (χ1n) is 28.9. The maximum atomic E-state index is 7.61. The first-order chi connectivity index (χ1) is 35.6. The Kier molecular flexibility index (Phi) is 10.3. The number of hydrogen-bond donors (Lipinski definition) is 0. The van der Waals surface area contributed by atoms with Crippen LogP contribution in [0.15, 0.2) is 95.4 Å². The second-order valence-electron chi connectivity index (χ2n) is 28.9. The van der Waals surface area contributed by atoms with Gasteiger partial charge in [-0.25, -0.2) is 0 Å². The van der Waals surface area contributed by atoms with Crippen molar-refractivity contribution >= 4 is 79.2 Å². The topological polar surface area (TPSA) is 19.6 Å². The Labute approximate surface area is 455 Å². The molecule has 3 heterocycles. The molecule has 3 nitrogen and oxygen atoms in total. The van der Waals surface area contributed by atoms with Gasteiger partial charge in [0.25, 0.3) is 6.71 Å². The van der Waals surface area contributed by atoms with Crippen LogP contribution >= 0.6 is 0 Å². The van der Waals surface area contributed by atoms with Crippen molar-refractivity contribution in [3.05, 3.63) is 158 Å². The summed E-state index contributed by atoms with van der Waals surface area (Å²) >= 11 is 0. The van der Waals surface area contributed by atoms with Crippen molar-refractivity contribution in [3.63, 3.8) is 0 Å². The second-order valence-corrected chi connectivity index (χ2v) is 28.9. The molecule has 0 saturated carbocycles. The third-order valence-electron chi connectivity index (χ3n) is 20.6. The van der Waals surface area contributed by atoms with Crippen LogP contribution in [0.2, 0.25) is 0 Å². The Balaban J connectivity index is 1.17. The maximum Gasteiger partial charge on any atom is 0.252 e. The van der Waals surface area contributed by atoms with E-state index >= 15 is 0 Å². The van der Waals surface area contributed by atoms with Crippen molar-refractivity contribution in [1.82, 2.24) is 0 Å². The molecule has 0 bridgehead atoms. The average Bonchev–Trinajstić information content (AvgIpc) is 3.88. The predicted octanol–water partition coefficient (Wildman–Crippen LogP) is 18.2. The van der Waals surface area contributed by atoms with Crippen LogP contribution in [0.3, 0.4) is 0 Å². The van der Waals surface area contributed by atoms with Crippen LogP contribution in [-0.4, -0.2) is 6.71 Å². The SMILES string of the molecule is Cc1cc(C)c(-c2ccc3c(c2)B2c4ccc5c(oc6cc7c(cc65)C(C)(C)CCC7(C)C)c4N(c4cc5c(cc4C)C(C)(C)CCC5(C)C)c4cc(C)cc(c42)N3c2cc3c(cc2C)C(C)(C)CCC3(C)C)c(C)c1. The highest BCUT2D eigenvalue weighted by Crippen LogP contribution is 2.56. The Hall–Kier alpha value is -6.00. The van der Waals surface area contributed by atoms with Gasteiger partial charge in [-0.2, -0.15) is 0 Å². The van der Waals surface area contributed by atoms with Gasteiger partial charge in [0.1, 0.15) is 5.58 Å². The van der Waals surface area contributed by atoms with Crippen molar-refractivity contribution in [1.29, 1.82) is 0 Å². The van der Waals surface area contributed by atoms with Crippen molar-refractivity contribution in [2.24, 2.45) is 0 Å². The van der Waals surface area contributed by atoms with E-state index in [1.54, 1.807) is 0 Å². The van der Waals surface area contributed by atoms with Crippen molar-refractivity contribution in [2.75, 3.05) is 9.80 Å². The van der Waals surface area contributed by atoms with Gasteiger partial charge in [0.2, 0.25) is 0 Å². The number of rotatable bonds is 3. The molecular weight excluding hydrogens is 920 g/mol. The lowest BCUT2D eigenvalue weighted by atomic mass is 9.33. The lowest BCUT2D eigenvalue weighted by Gasteiger charge is -2.47. The molecule has 4 heteroatoms. The van der Waals surface area contributed by atoms with Crippen LogP contribution in [0.4, 0.5) is 34.1 Å². The highest BCUT2D eigenvalue weighted by atomic mass is 16.3. The van der Waals surface area contributed by atoms with E-state index in [1.165, 1.54) is 165 Å². The van der Waals surface area contributed by atoms with Crippen LogP contribution in [0.25, 0.3) is 33.1 Å². The van der Waals surface area contributed by atoms with Crippen molar-refractivity contribution in [2.45, 2.75) is 196 Å². The summed E-state index contributed by atoms with van der Waals surface area (Å²) in [5.74, 6) is 0. The van der Waals surface area contributed by atoms with Gasteiger partial charge in [-0.15, -0.1) is 0 Å². The van der Waals surface area contributed by atoms with Crippen LogP contribution in [0.5, 0.6) is 0 Å². The number of hydrogen-bond acceptors (Lipinski definition) is 3. The standard InChI is InChI=1S/C72H81BN2O/c1-40-29-44(5)63(45(6)30-40)46-19-22-57-56(35-46)73-55-21-20-47-48-36-51-54(72(17,18)28-25-69(51,11)12)39-62(48)76-66(47)65(55)75(59-38-53-50(34-43(59)4)68(9,10)24-27-71(53,15)16)61-32-41(2)31-60(64(61)73)74(57)58-37-52-49(33-42(58)3)67(7,8)23-26-70(52,13)14/h19-22,29-39H,23-28H2,1-18H3. The molecule has 0 atom stereocenters. The average molecular weight is 1000 g/mol. The third kappa shape index (κ3) is 6.99. The quantitative estimate of drug-likeness (QED) is 0.164. The second kappa shape index (κ2) is 15.8. The number of benzene rings is 7. The lowest BCUT2D eigenvalue weighted by molar-refractivity contribution is 0.332. The Bertz CT molecular complexity index is 3840. The zero-order valence-corrected chi connectivity index (χ0v) is 49.3. The molecule has 13 rings (SSSR count). The van der Waals surface area contributed by atoms with Crippen LogP contribution in [-0.2, 0) is 32.5 Å². The normalized spacial score (nSPS) is 19.7. The molecular formula is C72H81BN2O. The highest BCUT2D eigenvalue weighted by molar-refractivity contribution is 7.00. The largest absolute Gasteiger partial charge is 0.454 e. The predicted molar refractivity (Wildman–Crippen MR) is 327 cm³/mol. The van der Waals surface area contributed by atoms with Gasteiger partial charge in [-0.1, -0.05) is 137 Å². The summed E-state index contributed by atoms with van der Waals surface area (Å²) < 4.78 is 7.61. The zero-order chi connectivity index (χ0) is 53.9. The van der Waals surface area contributed by atoms with E-state index in [2.05, 4.69) is 225 Å². The Morgan fingerprint density at radius 1 is 0.382 bits per heavy atom. The summed E-state index contributed by atoms with van der Waals surface area (Å²) in [6.07, 6.45) is 7.02. The van der Waals surface area contributed by atoms with Gasteiger partial charge in [-0.3, -0.25) is 0 Å². The monoisotopic (exact) mass is 1000 g/mol. The molecule has 3 aliphatic carbocycles. The molecule has 0 amide bonds. The number of anilines is 6. The highest BCUT2D eigenvalue weighted by Gasteiger charge is 2.48. The van der Waals surface area contributed by atoms with Gasteiger partial charge in [0, 0.05) is 39.2 Å². The zero-order valence-electron chi connectivity index (χ0n) is 49.3. The molecule has 5 aliphatic rings. The van der Waals surface area contributed by atoms with E-state index in [1.807, 2.05) is 0 Å². The van der Waals surface area contributed by atoms with Crippen molar-refractivity contribution in [3.8, 4) is 11.1 Å². The summed E-state index contributed by atoms with van der Waals surface area (Å²) in [6, 6.07) is 37.5. The first kappa shape index (κ1) is 49.6. The van der Waals surface area contributed by atoms with Gasteiger partial charge in [-0.05, 0) is 244 Å². The molecule has 0 N–H and O–H groups in total. The number of nitrogens with zero attached hydrogens (tertiary/aromatic N) is 2. The van der Waals surface area contributed by atoms with Gasteiger partial charge in [0.05, 0.1) is 5.69 Å². The molecule has 0 saturated heterocycles. The van der Waals surface area contributed by atoms with Gasteiger partial charge in [0.15, 0.2) is 5.58 Å². The van der Waals surface area contributed by atoms with Gasteiger partial charge < -0.3 is 14.2 Å². The minimum atomic E-state index is -0.0700. The molecule has 2 aliphatic heterocycles.